The zero-order valence-corrected chi connectivity index (χ0v) is 21.0. The maximum atomic E-state index is 6.52. The van der Waals surface area contributed by atoms with E-state index in [-0.39, 0.29) is 11.8 Å². The fraction of sp³-hybridized carbons (Fsp3) is 0.172. The van der Waals surface area contributed by atoms with Gasteiger partial charge in [0.15, 0.2) is 0 Å². The van der Waals surface area contributed by atoms with Crippen LogP contribution in [0, 0.1) is 0 Å². The van der Waals surface area contributed by atoms with Crippen molar-refractivity contribution in [1.82, 2.24) is 15.0 Å². The van der Waals surface area contributed by atoms with Crippen LogP contribution in [0.3, 0.4) is 0 Å². The quantitative estimate of drug-likeness (QED) is 0.191. The third-order valence-corrected chi connectivity index (χ3v) is 8.32. The molecule has 35 heavy (non-hydrogen) atoms. The van der Waals surface area contributed by atoms with E-state index < -0.39 is 0 Å². The molecular formula is C29H22Cl3N3. The van der Waals surface area contributed by atoms with E-state index in [9.17, 15) is 0 Å². The van der Waals surface area contributed by atoms with Crippen molar-refractivity contribution in [3.63, 3.8) is 0 Å². The van der Waals surface area contributed by atoms with E-state index in [4.69, 9.17) is 34.8 Å². The lowest BCUT2D eigenvalue weighted by atomic mass is 9.85. The first-order valence-electron chi connectivity index (χ1n) is 11.9. The van der Waals surface area contributed by atoms with Crippen molar-refractivity contribution >= 4 is 67.5 Å². The zero-order chi connectivity index (χ0) is 23.7. The van der Waals surface area contributed by atoms with Gasteiger partial charge in [-0.25, -0.2) is 0 Å². The van der Waals surface area contributed by atoms with Gasteiger partial charge in [0.2, 0.25) is 0 Å². The van der Waals surface area contributed by atoms with E-state index in [1.54, 1.807) is 0 Å². The van der Waals surface area contributed by atoms with Gasteiger partial charge in [-0.05, 0) is 84.1 Å². The Hall–Kier alpha value is -2.85. The highest BCUT2D eigenvalue weighted by Gasteiger charge is 2.33. The van der Waals surface area contributed by atoms with Gasteiger partial charge in [-0.3, -0.25) is 0 Å². The highest BCUT2D eigenvalue weighted by Crippen LogP contribution is 2.48. The Balaban J connectivity index is 1.49. The van der Waals surface area contributed by atoms with Gasteiger partial charge in [-0.1, -0.05) is 41.2 Å². The molecule has 2 atom stereocenters. The molecule has 0 bridgehead atoms. The maximum absolute atomic E-state index is 6.52. The monoisotopic (exact) mass is 517 g/mol. The molecule has 6 heteroatoms. The Kier molecular flexibility index (Phi) is 4.96. The Labute approximate surface area is 217 Å². The second-order valence-electron chi connectivity index (χ2n) is 9.55. The highest BCUT2D eigenvalue weighted by molar-refractivity contribution is 6.32. The zero-order valence-electron chi connectivity index (χ0n) is 18.8. The molecule has 0 fully saturated rings. The normalized spacial score (nSPS) is 18.4. The van der Waals surface area contributed by atoms with E-state index in [2.05, 4.69) is 63.7 Å². The molecule has 0 unspecified atom stereocenters. The standard InChI is InChI=1S/C29H22Cl3N3/c30-15-4-7-25-20(10-15)23(13-33-25)18-2-1-3-19(24-14-34-26-8-5-16(31)11-21(24)26)29-28(18)22-12-17(32)6-9-27(22)35-29/h4-14,18-19,33-35H,1-3H2/t18-,19-/m0/s1. The number of H-pyrrole nitrogens is 3. The van der Waals surface area contributed by atoms with Gasteiger partial charge in [0.1, 0.15) is 0 Å². The van der Waals surface area contributed by atoms with Crippen molar-refractivity contribution in [1.29, 1.82) is 0 Å². The molecular weight excluding hydrogens is 497 g/mol. The molecule has 1 aliphatic carbocycles. The lowest BCUT2D eigenvalue weighted by Gasteiger charge is -2.18. The Morgan fingerprint density at radius 3 is 1.74 bits per heavy atom. The summed E-state index contributed by atoms with van der Waals surface area (Å²) in [6.07, 6.45) is 7.50. The number of halogens is 3. The van der Waals surface area contributed by atoms with Crippen LogP contribution in [0.25, 0.3) is 32.7 Å². The maximum Gasteiger partial charge on any atom is 0.0460 e. The number of fused-ring (bicyclic) bond motifs is 5. The minimum absolute atomic E-state index is 0.224. The average molecular weight is 519 g/mol. The topological polar surface area (TPSA) is 47.4 Å². The van der Waals surface area contributed by atoms with E-state index in [0.717, 1.165) is 50.9 Å². The number of hydrogen-bond donors (Lipinski definition) is 3. The molecule has 7 rings (SSSR count). The van der Waals surface area contributed by atoms with Gasteiger partial charge in [0.25, 0.3) is 0 Å². The predicted molar refractivity (Wildman–Crippen MR) is 147 cm³/mol. The third-order valence-electron chi connectivity index (χ3n) is 7.62. The Morgan fingerprint density at radius 2 is 1.11 bits per heavy atom. The lowest BCUT2D eigenvalue weighted by Crippen LogP contribution is -2.04. The summed E-state index contributed by atoms with van der Waals surface area (Å²) in [6, 6.07) is 18.3. The van der Waals surface area contributed by atoms with Crippen LogP contribution in [0.1, 0.15) is 53.5 Å². The van der Waals surface area contributed by atoms with Crippen molar-refractivity contribution in [2.24, 2.45) is 0 Å². The summed E-state index contributed by atoms with van der Waals surface area (Å²) in [5.74, 6) is 0.449. The number of aromatic nitrogens is 3. The molecule has 174 valence electrons. The SMILES string of the molecule is Clc1ccc2[nH]cc([C@@H]3CCC[C@@H](c4c[nH]c5ccc(Cl)cc45)c4c3[nH]c3ccc(Cl)cc43)c2c1. The summed E-state index contributed by atoms with van der Waals surface area (Å²) in [4.78, 5) is 10.7. The van der Waals surface area contributed by atoms with Crippen LogP contribution in [0.2, 0.25) is 15.1 Å². The first-order chi connectivity index (χ1) is 17.1. The summed E-state index contributed by atoms with van der Waals surface area (Å²) in [6.45, 7) is 0. The first-order valence-corrected chi connectivity index (χ1v) is 13.0. The summed E-state index contributed by atoms with van der Waals surface area (Å²) in [5.41, 5.74) is 8.50. The van der Waals surface area contributed by atoms with Crippen LogP contribution in [-0.4, -0.2) is 15.0 Å². The van der Waals surface area contributed by atoms with Gasteiger partial charge in [0.05, 0.1) is 0 Å². The Bertz CT molecular complexity index is 1740. The second kappa shape index (κ2) is 8.09. The van der Waals surface area contributed by atoms with Gasteiger partial charge in [-0.2, -0.15) is 0 Å². The minimum atomic E-state index is 0.224. The molecule has 0 saturated heterocycles. The molecule has 0 aliphatic heterocycles. The lowest BCUT2D eigenvalue weighted by molar-refractivity contribution is 0.628. The average Bonchev–Trinajstić information content (AvgIpc) is 3.52. The second-order valence-corrected chi connectivity index (χ2v) is 10.9. The Morgan fingerprint density at radius 1 is 0.600 bits per heavy atom. The predicted octanol–water partition coefficient (Wildman–Crippen LogP) is 9.54. The van der Waals surface area contributed by atoms with E-state index in [1.165, 1.54) is 38.5 Å². The van der Waals surface area contributed by atoms with E-state index in [0.29, 0.717) is 0 Å². The first kappa shape index (κ1) is 21.4. The molecule has 3 aromatic heterocycles. The van der Waals surface area contributed by atoms with E-state index in [1.807, 2.05) is 18.2 Å². The van der Waals surface area contributed by atoms with Crippen LogP contribution in [0.5, 0.6) is 0 Å². The van der Waals surface area contributed by atoms with Crippen LogP contribution < -0.4 is 0 Å². The molecule has 0 amide bonds. The van der Waals surface area contributed by atoms with Crippen LogP contribution in [0.4, 0.5) is 0 Å². The summed E-state index contributed by atoms with van der Waals surface area (Å²) >= 11 is 19.4. The van der Waals surface area contributed by atoms with Gasteiger partial charge >= 0.3 is 0 Å². The molecule has 0 saturated carbocycles. The number of nitrogens with one attached hydrogen (secondary N) is 3. The fourth-order valence-corrected chi connectivity index (χ4v) is 6.61. The van der Waals surface area contributed by atoms with Crippen molar-refractivity contribution in [2.75, 3.05) is 0 Å². The molecule has 1 aliphatic rings. The molecule has 3 heterocycles. The van der Waals surface area contributed by atoms with Crippen molar-refractivity contribution < 1.29 is 0 Å². The summed E-state index contributed by atoms with van der Waals surface area (Å²) < 4.78 is 0. The van der Waals surface area contributed by atoms with Gasteiger partial charge < -0.3 is 15.0 Å². The smallest absolute Gasteiger partial charge is 0.0460 e. The third kappa shape index (κ3) is 3.41. The molecule has 3 nitrogen and oxygen atoms in total. The fourth-order valence-electron chi connectivity index (χ4n) is 6.10. The summed E-state index contributed by atoms with van der Waals surface area (Å²) in [7, 11) is 0. The van der Waals surface area contributed by atoms with Crippen molar-refractivity contribution in [2.45, 2.75) is 31.1 Å². The number of benzene rings is 3. The van der Waals surface area contributed by atoms with Crippen LogP contribution in [0.15, 0.2) is 67.0 Å². The largest absolute Gasteiger partial charge is 0.361 e. The molecule has 0 spiro atoms. The van der Waals surface area contributed by atoms with Gasteiger partial charge in [-0.15, -0.1) is 0 Å². The van der Waals surface area contributed by atoms with Crippen LogP contribution >= 0.6 is 34.8 Å². The molecule has 6 aromatic rings. The number of hydrogen-bond acceptors (Lipinski definition) is 0. The van der Waals surface area contributed by atoms with Crippen molar-refractivity contribution in [3.05, 3.63) is 104 Å². The van der Waals surface area contributed by atoms with E-state index >= 15 is 0 Å². The summed E-state index contributed by atoms with van der Waals surface area (Å²) in [5, 5.41) is 5.81. The molecule has 0 radical (unpaired) electrons. The molecule has 3 N–H and O–H groups in total. The van der Waals surface area contributed by atoms with Gasteiger partial charge in [0, 0.05) is 77.7 Å². The molecule has 3 aromatic carbocycles. The highest BCUT2D eigenvalue weighted by atomic mass is 35.5. The number of aromatic amines is 3. The number of rotatable bonds is 2. The van der Waals surface area contributed by atoms with Crippen LogP contribution in [-0.2, 0) is 0 Å². The van der Waals surface area contributed by atoms with Crippen molar-refractivity contribution in [3.8, 4) is 0 Å². The minimum Gasteiger partial charge on any atom is -0.361 e.